The second kappa shape index (κ2) is 5.31. The van der Waals surface area contributed by atoms with Gasteiger partial charge in [0.25, 0.3) is 5.91 Å². The van der Waals surface area contributed by atoms with E-state index < -0.39 is 11.4 Å². The van der Waals surface area contributed by atoms with Gasteiger partial charge < -0.3 is 10.1 Å². The van der Waals surface area contributed by atoms with Crippen molar-refractivity contribution in [2.45, 2.75) is 12.5 Å². The molecule has 0 aliphatic carbocycles. The van der Waals surface area contributed by atoms with Crippen LogP contribution in [0.15, 0.2) is 23.5 Å². The number of carbonyl (C=O) groups is 1. The number of amides is 1. The summed E-state index contributed by atoms with van der Waals surface area (Å²) in [6.07, 6.45) is 2.54. The van der Waals surface area contributed by atoms with Crippen molar-refractivity contribution in [3.8, 4) is 0 Å². The van der Waals surface area contributed by atoms with E-state index in [2.05, 4.69) is 20.6 Å². The second-order valence-corrected chi connectivity index (χ2v) is 4.32. The summed E-state index contributed by atoms with van der Waals surface area (Å²) >= 11 is 0. The van der Waals surface area contributed by atoms with Crippen molar-refractivity contribution in [3.63, 3.8) is 0 Å². The number of aliphatic imine (C=N–C) groups is 1. The third-order valence-electron chi connectivity index (χ3n) is 2.90. The molecule has 0 spiro atoms. The van der Waals surface area contributed by atoms with Gasteiger partial charge in [-0.3, -0.25) is 20.1 Å². The standard InChI is InChI=1S/C12H15FN4O2/c1-12(8-5-9(13)7-14-6-8)10(18)16-11(17-12)15-3-4-19-2/h5-7H,3-4H2,1-2H3,(H2,15,16,17,18). The lowest BCUT2D eigenvalue weighted by atomic mass is 9.94. The summed E-state index contributed by atoms with van der Waals surface area (Å²) in [5.41, 5.74) is -0.622. The molecule has 102 valence electrons. The topological polar surface area (TPSA) is 75.6 Å². The van der Waals surface area contributed by atoms with Crippen LogP contribution in [-0.4, -0.2) is 37.1 Å². The van der Waals surface area contributed by atoms with Crippen LogP contribution in [0.5, 0.6) is 0 Å². The third-order valence-corrected chi connectivity index (χ3v) is 2.90. The Morgan fingerprint density at radius 2 is 2.32 bits per heavy atom. The lowest BCUT2D eigenvalue weighted by Gasteiger charge is -2.20. The molecule has 2 rings (SSSR count). The molecule has 1 saturated heterocycles. The van der Waals surface area contributed by atoms with Gasteiger partial charge in [-0.2, -0.15) is 0 Å². The number of nitrogens with one attached hydrogen (secondary N) is 2. The van der Waals surface area contributed by atoms with E-state index in [1.54, 1.807) is 14.0 Å². The molecule has 2 N–H and O–H groups in total. The van der Waals surface area contributed by atoms with E-state index in [4.69, 9.17) is 4.74 Å². The van der Waals surface area contributed by atoms with Crippen LogP contribution in [0.3, 0.4) is 0 Å². The smallest absolute Gasteiger partial charge is 0.256 e. The molecule has 7 heteroatoms. The Balaban J connectivity index is 2.20. The molecule has 2 heterocycles. The Morgan fingerprint density at radius 3 is 3.00 bits per heavy atom. The summed E-state index contributed by atoms with van der Waals surface area (Å²) in [7, 11) is 1.57. The fourth-order valence-corrected chi connectivity index (χ4v) is 1.77. The first-order chi connectivity index (χ1) is 9.06. The van der Waals surface area contributed by atoms with Gasteiger partial charge in [-0.15, -0.1) is 0 Å². The van der Waals surface area contributed by atoms with Gasteiger partial charge in [-0.25, -0.2) is 4.39 Å². The molecule has 1 unspecified atom stereocenters. The van der Waals surface area contributed by atoms with Crippen LogP contribution in [0.2, 0.25) is 0 Å². The third kappa shape index (κ3) is 2.70. The zero-order valence-corrected chi connectivity index (χ0v) is 10.7. The van der Waals surface area contributed by atoms with Crippen molar-refractivity contribution >= 4 is 11.9 Å². The van der Waals surface area contributed by atoms with Gasteiger partial charge in [-0.05, 0) is 13.0 Å². The fraction of sp³-hybridized carbons (Fsp3) is 0.417. The summed E-state index contributed by atoms with van der Waals surface area (Å²) in [5.74, 6) is -0.428. The minimum atomic E-state index is -1.07. The molecular formula is C12H15FN4O2. The molecule has 0 bridgehead atoms. The van der Waals surface area contributed by atoms with E-state index in [1.807, 2.05) is 0 Å². The van der Waals surface area contributed by atoms with Crippen molar-refractivity contribution in [1.29, 1.82) is 0 Å². The van der Waals surface area contributed by atoms with Crippen molar-refractivity contribution < 1.29 is 13.9 Å². The van der Waals surface area contributed by atoms with Crippen LogP contribution in [-0.2, 0) is 15.1 Å². The van der Waals surface area contributed by atoms with Crippen LogP contribution in [0.4, 0.5) is 4.39 Å². The van der Waals surface area contributed by atoms with Crippen LogP contribution < -0.4 is 10.6 Å². The number of ether oxygens (including phenoxy) is 1. The Labute approximate surface area is 110 Å². The number of rotatable bonds is 4. The Morgan fingerprint density at radius 1 is 1.53 bits per heavy atom. The van der Waals surface area contributed by atoms with Crippen LogP contribution in [0, 0.1) is 5.82 Å². The molecule has 0 radical (unpaired) electrons. The van der Waals surface area contributed by atoms with E-state index in [1.165, 1.54) is 12.3 Å². The largest absolute Gasteiger partial charge is 0.383 e. The fourth-order valence-electron chi connectivity index (χ4n) is 1.77. The average Bonchev–Trinajstić information content (AvgIpc) is 2.67. The first-order valence-corrected chi connectivity index (χ1v) is 5.80. The molecule has 1 atom stereocenters. The Hall–Kier alpha value is -2.02. The van der Waals surface area contributed by atoms with Gasteiger partial charge in [0.05, 0.1) is 19.3 Å². The molecule has 6 nitrogen and oxygen atoms in total. The van der Waals surface area contributed by atoms with Crippen molar-refractivity contribution in [2.24, 2.45) is 4.99 Å². The maximum absolute atomic E-state index is 13.2. The number of hydrogen-bond acceptors (Lipinski definition) is 4. The summed E-state index contributed by atoms with van der Waals surface area (Å²) in [6.45, 7) is 2.54. The maximum atomic E-state index is 13.2. The zero-order chi connectivity index (χ0) is 13.9. The lowest BCUT2D eigenvalue weighted by Crippen LogP contribution is -2.40. The lowest BCUT2D eigenvalue weighted by molar-refractivity contribution is -0.123. The molecule has 1 fully saturated rings. The highest BCUT2D eigenvalue weighted by atomic mass is 19.1. The van der Waals surface area contributed by atoms with Gasteiger partial charge in [0.2, 0.25) is 0 Å². The monoisotopic (exact) mass is 266 g/mol. The zero-order valence-electron chi connectivity index (χ0n) is 10.7. The number of guanidine groups is 1. The van der Waals surface area contributed by atoms with Gasteiger partial charge in [0, 0.05) is 18.9 Å². The molecular weight excluding hydrogens is 251 g/mol. The maximum Gasteiger partial charge on any atom is 0.256 e. The van der Waals surface area contributed by atoms with Crippen molar-refractivity contribution in [2.75, 3.05) is 20.3 Å². The van der Waals surface area contributed by atoms with Gasteiger partial charge in [0.1, 0.15) is 11.4 Å². The summed E-state index contributed by atoms with van der Waals surface area (Å²) in [4.78, 5) is 19.9. The minimum absolute atomic E-state index is 0.295. The molecule has 0 aromatic carbocycles. The number of carbonyl (C=O) groups excluding carboxylic acids is 1. The normalized spacial score (nSPS) is 24.4. The SMILES string of the molecule is COCCN=C1NC(=O)C(C)(c2cncc(F)c2)N1. The number of nitrogens with zero attached hydrogens (tertiary/aromatic N) is 2. The highest BCUT2D eigenvalue weighted by Crippen LogP contribution is 2.23. The number of methoxy groups -OCH3 is 1. The van der Waals surface area contributed by atoms with Crippen LogP contribution in [0.25, 0.3) is 0 Å². The molecule has 1 aliphatic heterocycles. The van der Waals surface area contributed by atoms with Crippen LogP contribution in [0.1, 0.15) is 12.5 Å². The van der Waals surface area contributed by atoms with Gasteiger partial charge >= 0.3 is 0 Å². The quantitative estimate of drug-likeness (QED) is 0.761. The predicted octanol–water partition coefficient (Wildman–Crippen LogP) is 0.158. The molecule has 1 aromatic heterocycles. The summed E-state index contributed by atoms with van der Waals surface area (Å²) < 4.78 is 18.1. The van der Waals surface area contributed by atoms with Gasteiger partial charge in [-0.1, -0.05) is 0 Å². The number of pyridine rings is 1. The van der Waals surface area contributed by atoms with Crippen molar-refractivity contribution in [3.05, 3.63) is 29.8 Å². The molecule has 1 aliphatic rings. The minimum Gasteiger partial charge on any atom is -0.383 e. The van der Waals surface area contributed by atoms with E-state index in [-0.39, 0.29) is 5.91 Å². The molecule has 1 aromatic rings. The van der Waals surface area contributed by atoms with Crippen molar-refractivity contribution in [1.82, 2.24) is 15.6 Å². The first kappa shape index (κ1) is 13.4. The van der Waals surface area contributed by atoms with Crippen LogP contribution >= 0.6 is 0 Å². The molecule has 1 amide bonds. The van der Waals surface area contributed by atoms with E-state index in [9.17, 15) is 9.18 Å². The number of hydrogen-bond donors (Lipinski definition) is 2. The Bertz CT molecular complexity index is 520. The Kier molecular flexibility index (Phi) is 3.75. The number of aromatic nitrogens is 1. The van der Waals surface area contributed by atoms with Gasteiger partial charge in [0.15, 0.2) is 5.96 Å². The highest BCUT2D eigenvalue weighted by Gasteiger charge is 2.42. The first-order valence-electron chi connectivity index (χ1n) is 5.80. The second-order valence-electron chi connectivity index (χ2n) is 4.32. The molecule has 0 saturated carbocycles. The highest BCUT2D eigenvalue weighted by molar-refractivity contribution is 6.09. The predicted molar refractivity (Wildman–Crippen MR) is 67.0 cm³/mol. The van der Waals surface area contributed by atoms with E-state index in [0.717, 1.165) is 6.20 Å². The average molecular weight is 266 g/mol. The van der Waals surface area contributed by atoms with E-state index >= 15 is 0 Å². The summed E-state index contributed by atoms with van der Waals surface area (Å²) in [6, 6.07) is 1.28. The van der Waals surface area contributed by atoms with E-state index in [0.29, 0.717) is 24.7 Å². The number of halogens is 1. The summed E-state index contributed by atoms with van der Waals surface area (Å²) in [5, 5.41) is 5.56. The molecule has 19 heavy (non-hydrogen) atoms.